The summed E-state index contributed by atoms with van der Waals surface area (Å²) in [5.74, 6) is 0.689. The van der Waals surface area contributed by atoms with Crippen LogP contribution in [-0.2, 0) is 6.18 Å². The monoisotopic (exact) mass is 522 g/mol. The number of hydrogen-bond donors (Lipinski definition) is 1. The van der Waals surface area contributed by atoms with Crippen LogP contribution in [-0.4, -0.2) is 69.6 Å². The third-order valence-electron chi connectivity index (χ3n) is 6.61. The Morgan fingerprint density at radius 1 is 1.03 bits per heavy atom. The van der Waals surface area contributed by atoms with E-state index in [1.807, 2.05) is 31.2 Å². The van der Waals surface area contributed by atoms with Gasteiger partial charge in [0.25, 0.3) is 0 Å². The number of anilines is 1. The first-order valence-electron chi connectivity index (χ1n) is 12.1. The van der Waals surface area contributed by atoms with E-state index in [1.165, 1.54) is 12.1 Å². The molecular formula is C26H25F3N8O. The molecule has 0 unspecified atom stereocenters. The molecule has 12 heteroatoms. The van der Waals surface area contributed by atoms with Crippen molar-refractivity contribution in [3.8, 4) is 23.1 Å². The van der Waals surface area contributed by atoms with Crippen molar-refractivity contribution in [2.75, 3.05) is 44.2 Å². The number of nitrogens with zero attached hydrogens (tertiary/aromatic N) is 7. The molecule has 0 bridgehead atoms. The number of ether oxygens (including phenoxy) is 1. The minimum atomic E-state index is -4.64. The zero-order valence-corrected chi connectivity index (χ0v) is 20.9. The lowest BCUT2D eigenvalue weighted by Crippen LogP contribution is -2.47. The number of benzene rings is 1. The number of nitrogens with one attached hydrogen (secondary N) is 1. The van der Waals surface area contributed by atoms with Gasteiger partial charge in [-0.3, -0.25) is 4.90 Å². The average molecular weight is 523 g/mol. The molecule has 38 heavy (non-hydrogen) atoms. The second-order valence-corrected chi connectivity index (χ2v) is 9.09. The first kappa shape index (κ1) is 25.4. The Balaban J connectivity index is 1.28. The summed E-state index contributed by atoms with van der Waals surface area (Å²) in [6, 6.07) is 11.7. The van der Waals surface area contributed by atoms with Gasteiger partial charge in [-0.25, -0.2) is 9.97 Å². The molecule has 1 aliphatic rings. The molecule has 0 spiro atoms. The van der Waals surface area contributed by atoms with Crippen LogP contribution in [0, 0.1) is 25.2 Å². The second-order valence-electron chi connectivity index (χ2n) is 9.09. The Labute approximate surface area is 216 Å². The van der Waals surface area contributed by atoms with Crippen molar-refractivity contribution < 1.29 is 17.9 Å². The van der Waals surface area contributed by atoms with Gasteiger partial charge in [0, 0.05) is 49.5 Å². The second kappa shape index (κ2) is 10.3. The molecule has 0 radical (unpaired) electrons. The van der Waals surface area contributed by atoms with Crippen molar-refractivity contribution in [3.05, 3.63) is 58.9 Å². The van der Waals surface area contributed by atoms with E-state index in [0.717, 1.165) is 43.8 Å². The number of nitriles is 1. The first-order chi connectivity index (χ1) is 18.2. The number of H-pyrrole nitrogens is 1. The van der Waals surface area contributed by atoms with Crippen LogP contribution in [0.3, 0.4) is 0 Å². The number of rotatable bonds is 6. The molecule has 1 aliphatic heterocycles. The smallest absolute Gasteiger partial charge is 0.419 e. The van der Waals surface area contributed by atoms with Gasteiger partial charge in [-0.2, -0.15) is 33.8 Å². The van der Waals surface area contributed by atoms with Gasteiger partial charge in [0.15, 0.2) is 5.69 Å². The van der Waals surface area contributed by atoms with Crippen LogP contribution >= 0.6 is 0 Å². The normalized spacial score (nSPS) is 14.6. The van der Waals surface area contributed by atoms with E-state index in [2.05, 4.69) is 35.2 Å². The molecule has 3 aromatic heterocycles. The fourth-order valence-corrected chi connectivity index (χ4v) is 4.59. The Kier molecular flexibility index (Phi) is 6.86. The van der Waals surface area contributed by atoms with E-state index < -0.39 is 11.7 Å². The lowest BCUT2D eigenvalue weighted by molar-refractivity contribution is -0.138. The fraction of sp³-hybridized carbons (Fsp3) is 0.346. The quantitative estimate of drug-likeness (QED) is 0.403. The molecule has 4 heterocycles. The molecule has 5 rings (SSSR count). The molecule has 0 saturated carbocycles. The minimum Gasteiger partial charge on any atom is -0.492 e. The molecule has 0 atom stereocenters. The lowest BCUT2D eigenvalue weighted by Gasteiger charge is -2.35. The molecule has 1 fully saturated rings. The predicted octanol–water partition coefficient (Wildman–Crippen LogP) is 4.12. The largest absolute Gasteiger partial charge is 0.492 e. The fourth-order valence-electron chi connectivity index (χ4n) is 4.59. The van der Waals surface area contributed by atoms with Crippen molar-refractivity contribution in [1.29, 1.82) is 5.26 Å². The van der Waals surface area contributed by atoms with Gasteiger partial charge >= 0.3 is 6.18 Å². The highest BCUT2D eigenvalue weighted by atomic mass is 19.4. The maximum absolute atomic E-state index is 14.0. The number of hydrogen-bond acceptors (Lipinski definition) is 8. The molecule has 1 N–H and O–H groups in total. The van der Waals surface area contributed by atoms with E-state index in [1.54, 1.807) is 6.92 Å². The zero-order valence-electron chi connectivity index (χ0n) is 20.9. The van der Waals surface area contributed by atoms with Gasteiger partial charge in [0.2, 0.25) is 0 Å². The number of aromatic nitrogens is 5. The summed E-state index contributed by atoms with van der Waals surface area (Å²) in [4.78, 5) is 13.2. The van der Waals surface area contributed by atoms with Crippen molar-refractivity contribution in [2.24, 2.45) is 0 Å². The molecule has 1 saturated heterocycles. The Bertz CT molecular complexity index is 1500. The highest BCUT2D eigenvalue weighted by Gasteiger charge is 2.35. The highest BCUT2D eigenvalue weighted by Crippen LogP contribution is 2.39. The molecular weight excluding hydrogens is 497 g/mol. The SMILES string of the molecule is Cc1cccc(N2CCN(CCOc3ccc(-c4nc(C#N)c5n[nH]nc5c4C)cc3C(F)(F)F)CC2)n1. The Morgan fingerprint density at radius 2 is 1.79 bits per heavy atom. The van der Waals surface area contributed by atoms with Crippen LogP contribution in [0.5, 0.6) is 5.75 Å². The maximum Gasteiger partial charge on any atom is 0.419 e. The summed E-state index contributed by atoms with van der Waals surface area (Å²) in [7, 11) is 0. The molecule has 9 nitrogen and oxygen atoms in total. The molecule has 4 aromatic rings. The molecule has 0 aliphatic carbocycles. The highest BCUT2D eigenvalue weighted by molar-refractivity contribution is 5.87. The summed E-state index contributed by atoms with van der Waals surface area (Å²) in [6.45, 7) is 7.35. The van der Waals surface area contributed by atoms with Gasteiger partial charge in [-0.15, -0.1) is 0 Å². The van der Waals surface area contributed by atoms with Crippen LogP contribution in [0.25, 0.3) is 22.3 Å². The van der Waals surface area contributed by atoms with Crippen LogP contribution < -0.4 is 9.64 Å². The number of halogens is 3. The van der Waals surface area contributed by atoms with Gasteiger partial charge in [0.05, 0.1) is 11.3 Å². The van der Waals surface area contributed by atoms with E-state index in [4.69, 9.17) is 4.74 Å². The standard InChI is InChI=1S/C26H25F3N8O/c1-16-4-3-5-22(31-16)37-10-8-36(9-11-37)12-13-38-21-7-6-18(14-19(21)26(27,28)29)23-17(2)24-25(34-35-33-24)20(15-30)32-23/h3-7,14H,8-13H2,1-2H3,(H,33,34,35). The molecule has 196 valence electrons. The molecule has 1 aromatic carbocycles. The van der Waals surface area contributed by atoms with Crippen LogP contribution in [0.2, 0.25) is 0 Å². The predicted molar refractivity (Wildman–Crippen MR) is 135 cm³/mol. The van der Waals surface area contributed by atoms with Crippen LogP contribution in [0.1, 0.15) is 22.5 Å². The first-order valence-corrected chi connectivity index (χ1v) is 12.1. The van der Waals surface area contributed by atoms with Crippen molar-refractivity contribution in [3.63, 3.8) is 0 Å². The van der Waals surface area contributed by atoms with Crippen LogP contribution in [0.4, 0.5) is 19.0 Å². The summed E-state index contributed by atoms with van der Waals surface area (Å²) < 4.78 is 47.6. The summed E-state index contributed by atoms with van der Waals surface area (Å²) >= 11 is 0. The van der Waals surface area contributed by atoms with Gasteiger partial charge in [-0.1, -0.05) is 6.07 Å². The third kappa shape index (κ3) is 5.10. The number of aryl methyl sites for hydroxylation is 2. The number of pyridine rings is 2. The summed E-state index contributed by atoms with van der Waals surface area (Å²) in [5, 5.41) is 19.8. The Hall–Kier alpha value is -4.24. The van der Waals surface area contributed by atoms with Crippen molar-refractivity contribution >= 4 is 16.9 Å². The topological polar surface area (TPSA) is 107 Å². The van der Waals surface area contributed by atoms with E-state index in [9.17, 15) is 18.4 Å². The number of alkyl halides is 3. The average Bonchev–Trinajstić information content (AvgIpc) is 3.40. The lowest BCUT2D eigenvalue weighted by atomic mass is 10.0. The van der Waals surface area contributed by atoms with Gasteiger partial charge in [-0.05, 0) is 44.2 Å². The van der Waals surface area contributed by atoms with Gasteiger partial charge in [0.1, 0.15) is 35.3 Å². The Morgan fingerprint density at radius 3 is 2.50 bits per heavy atom. The van der Waals surface area contributed by atoms with E-state index >= 15 is 0 Å². The number of fused-ring (bicyclic) bond motifs is 1. The minimum absolute atomic E-state index is 0.0125. The van der Waals surface area contributed by atoms with Crippen molar-refractivity contribution in [2.45, 2.75) is 20.0 Å². The zero-order chi connectivity index (χ0) is 26.9. The maximum atomic E-state index is 14.0. The van der Waals surface area contributed by atoms with Gasteiger partial charge < -0.3 is 9.64 Å². The van der Waals surface area contributed by atoms with E-state index in [-0.39, 0.29) is 34.8 Å². The van der Waals surface area contributed by atoms with E-state index in [0.29, 0.717) is 17.6 Å². The third-order valence-corrected chi connectivity index (χ3v) is 6.61. The molecule has 0 amide bonds. The number of aromatic amines is 1. The summed E-state index contributed by atoms with van der Waals surface area (Å²) in [5.41, 5.74) is 1.69. The van der Waals surface area contributed by atoms with Crippen LogP contribution in [0.15, 0.2) is 36.4 Å². The summed E-state index contributed by atoms with van der Waals surface area (Å²) in [6.07, 6.45) is -4.64. The van der Waals surface area contributed by atoms with Crippen molar-refractivity contribution in [1.82, 2.24) is 30.3 Å². The number of piperazine rings is 1.